The SMILES string of the molecule is CNC(CSc1c(F)c(F)c(-c2c(F)c(F)c(F)c(F)c2F)c(F)c1F)C(C)=O. The number of ketones is 1. The number of likely N-dealkylation sites (N-methyl/N-ethyl adjacent to an activating group) is 1. The number of Topliss-reactive ketones (excluding diaryl/α,β-unsaturated/α-hetero) is 1. The van der Waals surface area contributed by atoms with Gasteiger partial charge in [0.1, 0.15) is 5.78 Å². The second-order valence-corrected chi connectivity index (χ2v) is 6.70. The highest BCUT2D eigenvalue weighted by molar-refractivity contribution is 7.99. The van der Waals surface area contributed by atoms with Gasteiger partial charge in [-0.3, -0.25) is 4.79 Å². The number of nitrogens with one attached hydrogen (secondary N) is 1. The molecule has 0 fully saturated rings. The van der Waals surface area contributed by atoms with Gasteiger partial charge in [-0.25, -0.2) is 39.5 Å². The molecule has 0 saturated carbocycles. The van der Waals surface area contributed by atoms with Crippen molar-refractivity contribution in [2.75, 3.05) is 12.8 Å². The Bertz CT molecular complexity index is 938. The van der Waals surface area contributed by atoms with Crippen molar-refractivity contribution in [3.05, 3.63) is 52.4 Å². The van der Waals surface area contributed by atoms with E-state index in [2.05, 4.69) is 5.32 Å². The van der Waals surface area contributed by atoms with E-state index in [0.29, 0.717) is 0 Å². The molecule has 0 saturated heterocycles. The minimum atomic E-state index is -2.63. The third kappa shape index (κ3) is 3.95. The summed E-state index contributed by atoms with van der Waals surface area (Å²) >= 11 is 0.175. The van der Waals surface area contributed by atoms with Gasteiger partial charge in [0.2, 0.25) is 5.82 Å². The van der Waals surface area contributed by atoms with E-state index in [9.17, 15) is 44.3 Å². The van der Waals surface area contributed by atoms with Crippen LogP contribution in [0.1, 0.15) is 6.92 Å². The van der Waals surface area contributed by atoms with Crippen LogP contribution in [0, 0.1) is 52.4 Å². The molecule has 0 aliphatic rings. The lowest BCUT2D eigenvalue weighted by molar-refractivity contribution is -0.118. The van der Waals surface area contributed by atoms with Gasteiger partial charge < -0.3 is 5.32 Å². The van der Waals surface area contributed by atoms with E-state index < -0.39 is 80.2 Å². The van der Waals surface area contributed by atoms with Gasteiger partial charge in [0.15, 0.2) is 46.5 Å². The standard InChI is InChI=1S/C17H10F9NOS/c1-4(28)5(27-2)3-29-17-15(25)10(20)7(11(21)16(17)26)6-8(18)12(22)14(24)13(23)9(6)19/h5,27H,3H2,1-2H3. The van der Waals surface area contributed by atoms with Gasteiger partial charge in [-0.1, -0.05) is 0 Å². The lowest BCUT2D eigenvalue weighted by Gasteiger charge is -2.16. The molecule has 0 aromatic heterocycles. The van der Waals surface area contributed by atoms with E-state index in [4.69, 9.17) is 0 Å². The average molecular weight is 447 g/mol. The van der Waals surface area contributed by atoms with Crippen molar-refractivity contribution in [2.45, 2.75) is 17.9 Å². The summed E-state index contributed by atoms with van der Waals surface area (Å²) in [5.74, 6) is -22.8. The maximum atomic E-state index is 14.3. The molecule has 158 valence electrons. The molecule has 0 amide bonds. The third-order valence-electron chi connectivity index (χ3n) is 3.92. The Kier molecular flexibility index (Phi) is 6.89. The first-order valence-corrected chi connectivity index (χ1v) is 8.62. The minimum Gasteiger partial charge on any atom is -0.310 e. The Balaban J connectivity index is 2.69. The van der Waals surface area contributed by atoms with Gasteiger partial charge in [0.05, 0.1) is 22.1 Å². The maximum absolute atomic E-state index is 14.3. The summed E-state index contributed by atoms with van der Waals surface area (Å²) in [5, 5.41) is 2.49. The highest BCUT2D eigenvalue weighted by Crippen LogP contribution is 2.40. The fourth-order valence-corrected chi connectivity index (χ4v) is 3.52. The zero-order valence-corrected chi connectivity index (χ0v) is 15.3. The number of hydrogen-bond acceptors (Lipinski definition) is 3. The normalized spacial score (nSPS) is 12.4. The Labute approximate surface area is 162 Å². The Morgan fingerprint density at radius 3 is 1.41 bits per heavy atom. The lowest BCUT2D eigenvalue weighted by atomic mass is 10.0. The zero-order chi connectivity index (χ0) is 22.2. The second kappa shape index (κ2) is 8.66. The molecule has 1 atom stereocenters. The molecular weight excluding hydrogens is 437 g/mol. The molecule has 2 aromatic carbocycles. The fourth-order valence-electron chi connectivity index (χ4n) is 2.35. The predicted molar refractivity (Wildman–Crippen MR) is 85.8 cm³/mol. The maximum Gasteiger partial charge on any atom is 0.200 e. The Morgan fingerprint density at radius 1 is 0.724 bits per heavy atom. The first-order chi connectivity index (χ1) is 13.4. The number of thioether (sulfide) groups is 1. The summed E-state index contributed by atoms with van der Waals surface area (Å²) < 4.78 is 125. The largest absolute Gasteiger partial charge is 0.310 e. The van der Waals surface area contributed by atoms with E-state index in [0.717, 1.165) is 6.92 Å². The van der Waals surface area contributed by atoms with Crippen LogP contribution in [-0.4, -0.2) is 24.6 Å². The molecule has 0 bridgehead atoms. The van der Waals surface area contributed by atoms with Crippen molar-refractivity contribution in [1.82, 2.24) is 5.32 Å². The molecule has 29 heavy (non-hydrogen) atoms. The number of rotatable bonds is 6. The van der Waals surface area contributed by atoms with Gasteiger partial charge in [-0.2, -0.15) is 0 Å². The molecule has 2 aromatic rings. The monoisotopic (exact) mass is 447 g/mol. The van der Waals surface area contributed by atoms with Crippen molar-refractivity contribution >= 4 is 17.5 Å². The highest BCUT2D eigenvalue weighted by Gasteiger charge is 2.34. The van der Waals surface area contributed by atoms with Crippen LogP contribution >= 0.6 is 11.8 Å². The van der Waals surface area contributed by atoms with E-state index in [1.807, 2.05) is 0 Å². The van der Waals surface area contributed by atoms with Crippen LogP contribution in [0.5, 0.6) is 0 Å². The van der Waals surface area contributed by atoms with E-state index in [-0.39, 0.29) is 17.5 Å². The van der Waals surface area contributed by atoms with Crippen LogP contribution in [-0.2, 0) is 4.79 Å². The molecule has 0 heterocycles. The number of benzene rings is 2. The van der Waals surface area contributed by atoms with Crippen LogP contribution in [0.3, 0.4) is 0 Å². The van der Waals surface area contributed by atoms with E-state index in [1.54, 1.807) is 0 Å². The summed E-state index contributed by atoms with van der Waals surface area (Å²) in [4.78, 5) is 10.0. The van der Waals surface area contributed by atoms with Gasteiger partial charge in [-0.05, 0) is 14.0 Å². The smallest absolute Gasteiger partial charge is 0.200 e. The van der Waals surface area contributed by atoms with Crippen molar-refractivity contribution in [1.29, 1.82) is 0 Å². The van der Waals surface area contributed by atoms with Crippen LogP contribution in [0.15, 0.2) is 4.90 Å². The quantitative estimate of drug-likeness (QED) is 0.297. The molecule has 0 aliphatic heterocycles. The van der Waals surface area contributed by atoms with Crippen LogP contribution in [0.2, 0.25) is 0 Å². The van der Waals surface area contributed by atoms with Gasteiger partial charge in [0, 0.05) is 5.75 Å². The average Bonchev–Trinajstić information content (AvgIpc) is 2.68. The topological polar surface area (TPSA) is 29.1 Å². The highest BCUT2D eigenvalue weighted by atomic mass is 32.2. The summed E-state index contributed by atoms with van der Waals surface area (Å²) in [6, 6.07) is -0.945. The second-order valence-electron chi connectivity index (χ2n) is 5.67. The molecule has 2 nitrogen and oxygen atoms in total. The van der Waals surface area contributed by atoms with Gasteiger partial charge in [0.25, 0.3) is 0 Å². The first-order valence-electron chi connectivity index (χ1n) is 7.63. The minimum absolute atomic E-state index is 0.175. The lowest BCUT2D eigenvalue weighted by Crippen LogP contribution is -2.34. The Morgan fingerprint density at radius 2 is 1.07 bits per heavy atom. The first kappa shape index (κ1) is 23.1. The number of carbonyl (C=O) groups is 1. The molecule has 1 N–H and O–H groups in total. The van der Waals surface area contributed by atoms with Crippen molar-refractivity contribution in [3.63, 3.8) is 0 Å². The fraction of sp³-hybridized carbons (Fsp3) is 0.235. The molecule has 2 rings (SSSR count). The zero-order valence-electron chi connectivity index (χ0n) is 14.5. The predicted octanol–water partition coefficient (Wildman–Crippen LogP) is 4.87. The molecule has 0 spiro atoms. The third-order valence-corrected chi connectivity index (χ3v) is 5.06. The number of carbonyl (C=O) groups excluding carboxylic acids is 1. The summed E-state index contributed by atoms with van der Waals surface area (Å²) in [6.07, 6.45) is 0. The van der Waals surface area contributed by atoms with Crippen LogP contribution in [0.25, 0.3) is 11.1 Å². The van der Waals surface area contributed by atoms with Crippen LogP contribution < -0.4 is 5.32 Å². The van der Waals surface area contributed by atoms with Crippen LogP contribution in [0.4, 0.5) is 39.5 Å². The molecule has 0 aliphatic carbocycles. The summed E-state index contributed by atoms with van der Waals surface area (Å²) in [7, 11) is 1.34. The Hall–Kier alpha value is -2.21. The summed E-state index contributed by atoms with van der Waals surface area (Å²) in [6.45, 7) is 1.14. The summed E-state index contributed by atoms with van der Waals surface area (Å²) in [5.41, 5.74) is -4.24. The molecule has 0 radical (unpaired) electrons. The number of halogens is 9. The van der Waals surface area contributed by atoms with E-state index in [1.165, 1.54) is 7.05 Å². The number of hydrogen-bond donors (Lipinski definition) is 1. The van der Waals surface area contributed by atoms with E-state index >= 15 is 0 Å². The van der Waals surface area contributed by atoms with Crippen molar-refractivity contribution < 1.29 is 44.3 Å². The molecular formula is C17H10F9NOS. The van der Waals surface area contributed by atoms with Gasteiger partial charge >= 0.3 is 0 Å². The molecule has 12 heteroatoms. The molecule has 1 unspecified atom stereocenters. The van der Waals surface area contributed by atoms with Crippen molar-refractivity contribution in [3.8, 4) is 11.1 Å². The van der Waals surface area contributed by atoms with Crippen molar-refractivity contribution in [2.24, 2.45) is 0 Å². The van der Waals surface area contributed by atoms with Gasteiger partial charge in [-0.15, -0.1) is 11.8 Å².